The molecule has 0 saturated carbocycles. The number of nitrogen functional groups attached to an aromatic ring is 1. The van der Waals surface area contributed by atoms with Crippen LogP contribution in [0.2, 0.25) is 0 Å². The van der Waals surface area contributed by atoms with Crippen molar-refractivity contribution in [3.8, 4) is 11.4 Å². The third-order valence-corrected chi connectivity index (χ3v) is 4.95. The van der Waals surface area contributed by atoms with E-state index >= 15 is 0 Å². The largest absolute Gasteiger partial charge is 0.335 e. The Kier molecular flexibility index (Phi) is 4.36. The molecule has 0 spiro atoms. The van der Waals surface area contributed by atoms with Crippen molar-refractivity contribution in [2.75, 3.05) is 5.84 Å². The van der Waals surface area contributed by atoms with Gasteiger partial charge in [-0.1, -0.05) is 17.8 Å². The second kappa shape index (κ2) is 6.84. The van der Waals surface area contributed by atoms with Gasteiger partial charge < -0.3 is 5.84 Å². The molecule has 0 aliphatic carbocycles. The highest BCUT2D eigenvalue weighted by Gasteiger charge is 2.13. The molecule has 9 heteroatoms. The lowest BCUT2D eigenvalue weighted by Crippen LogP contribution is -2.15. The van der Waals surface area contributed by atoms with Crippen LogP contribution in [0.4, 0.5) is 4.39 Å². The standard InChI is InChI=1S/C18H15FN6OS/c1-11-2-7-15-21-14(8-16(26)24(15)9-11)10-27-18-23-22-17(25(18)20)12-3-5-13(19)6-4-12/h2-9H,10,20H2,1H3. The summed E-state index contributed by atoms with van der Waals surface area (Å²) in [4.78, 5) is 16.8. The lowest BCUT2D eigenvalue weighted by atomic mass is 10.2. The second-order valence-corrected chi connectivity index (χ2v) is 6.93. The van der Waals surface area contributed by atoms with Crippen LogP contribution in [-0.4, -0.2) is 24.3 Å². The summed E-state index contributed by atoms with van der Waals surface area (Å²) in [5, 5.41) is 8.61. The van der Waals surface area contributed by atoms with Gasteiger partial charge in [0, 0.05) is 23.6 Å². The van der Waals surface area contributed by atoms with E-state index in [2.05, 4.69) is 15.2 Å². The van der Waals surface area contributed by atoms with E-state index in [1.807, 2.05) is 19.1 Å². The zero-order valence-corrected chi connectivity index (χ0v) is 15.2. The van der Waals surface area contributed by atoms with Crippen LogP contribution in [0.15, 0.2) is 58.6 Å². The lowest BCUT2D eigenvalue weighted by molar-refractivity contribution is 0.628. The van der Waals surface area contributed by atoms with Crippen molar-refractivity contribution in [1.82, 2.24) is 24.3 Å². The van der Waals surface area contributed by atoms with Gasteiger partial charge in [-0.25, -0.2) is 14.1 Å². The van der Waals surface area contributed by atoms with Gasteiger partial charge in [-0.15, -0.1) is 10.2 Å². The van der Waals surface area contributed by atoms with Crippen molar-refractivity contribution in [2.24, 2.45) is 0 Å². The van der Waals surface area contributed by atoms with Crippen LogP contribution in [0, 0.1) is 12.7 Å². The van der Waals surface area contributed by atoms with E-state index in [1.54, 1.807) is 18.3 Å². The number of hydrogen-bond acceptors (Lipinski definition) is 6. The Balaban J connectivity index is 1.57. The first-order chi connectivity index (χ1) is 13.0. The molecule has 1 aromatic carbocycles. The number of halogens is 1. The van der Waals surface area contributed by atoms with Gasteiger partial charge in [0.15, 0.2) is 5.82 Å². The highest BCUT2D eigenvalue weighted by molar-refractivity contribution is 7.98. The molecule has 0 atom stereocenters. The fraction of sp³-hybridized carbons (Fsp3) is 0.111. The first-order valence-electron chi connectivity index (χ1n) is 8.09. The Labute approximate surface area is 157 Å². The number of aromatic nitrogens is 5. The number of pyridine rings is 1. The van der Waals surface area contributed by atoms with Crippen LogP contribution >= 0.6 is 11.8 Å². The smallest absolute Gasteiger partial charge is 0.258 e. The summed E-state index contributed by atoms with van der Waals surface area (Å²) in [7, 11) is 0. The Morgan fingerprint density at radius 1 is 1.15 bits per heavy atom. The van der Waals surface area contributed by atoms with E-state index in [0.717, 1.165) is 5.56 Å². The average Bonchev–Trinajstić information content (AvgIpc) is 3.02. The van der Waals surface area contributed by atoms with Gasteiger partial charge in [-0.2, -0.15) is 0 Å². The molecular formula is C18H15FN6OS. The quantitative estimate of drug-likeness (QED) is 0.431. The van der Waals surface area contributed by atoms with Crippen molar-refractivity contribution in [3.05, 3.63) is 76.1 Å². The number of hydrogen-bond donors (Lipinski definition) is 1. The molecule has 7 nitrogen and oxygen atoms in total. The highest BCUT2D eigenvalue weighted by atomic mass is 32.2. The summed E-state index contributed by atoms with van der Waals surface area (Å²) in [5.41, 5.74) is 2.72. The van der Waals surface area contributed by atoms with Crippen molar-refractivity contribution in [3.63, 3.8) is 0 Å². The number of aryl methyl sites for hydroxylation is 1. The fourth-order valence-electron chi connectivity index (χ4n) is 2.64. The molecular weight excluding hydrogens is 367 g/mol. The molecule has 0 bridgehead atoms. The Hall–Kier alpha value is -3.20. The second-order valence-electron chi connectivity index (χ2n) is 5.99. The van der Waals surface area contributed by atoms with E-state index in [9.17, 15) is 9.18 Å². The molecule has 0 aliphatic rings. The van der Waals surface area contributed by atoms with Crippen molar-refractivity contribution < 1.29 is 4.39 Å². The minimum absolute atomic E-state index is 0.138. The predicted octanol–water partition coefficient (Wildman–Crippen LogP) is 2.41. The molecule has 0 radical (unpaired) electrons. The number of thioether (sulfide) groups is 1. The fourth-order valence-corrected chi connectivity index (χ4v) is 3.39. The summed E-state index contributed by atoms with van der Waals surface area (Å²) >= 11 is 1.32. The SMILES string of the molecule is Cc1ccc2nc(CSc3nnc(-c4ccc(F)cc4)n3N)cc(=O)n2c1. The average molecular weight is 382 g/mol. The Bertz CT molecular complexity index is 1180. The van der Waals surface area contributed by atoms with Crippen LogP contribution < -0.4 is 11.4 Å². The third kappa shape index (κ3) is 3.41. The van der Waals surface area contributed by atoms with Crippen LogP contribution in [0.25, 0.3) is 17.0 Å². The van der Waals surface area contributed by atoms with Crippen molar-refractivity contribution in [1.29, 1.82) is 0 Å². The lowest BCUT2D eigenvalue weighted by Gasteiger charge is -2.05. The van der Waals surface area contributed by atoms with Crippen molar-refractivity contribution in [2.45, 2.75) is 17.8 Å². The number of nitrogens with zero attached hydrogens (tertiary/aromatic N) is 5. The molecule has 27 heavy (non-hydrogen) atoms. The van der Waals surface area contributed by atoms with Gasteiger partial charge in [-0.05, 0) is 42.8 Å². The summed E-state index contributed by atoms with van der Waals surface area (Å²) in [6.07, 6.45) is 1.76. The Morgan fingerprint density at radius 2 is 1.93 bits per heavy atom. The molecule has 4 rings (SSSR count). The molecule has 2 N–H and O–H groups in total. The number of rotatable bonds is 4. The van der Waals surface area contributed by atoms with Gasteiger partial charge in [0.1, 0.15) is 11.5 Å². The first-order valence-corrected chi connectivity index (χ1v) is 9.08. The van der Waals surface area contributed by atoms with Crippen LogP contribution in [0.5, 0.6) is 0 Å². The van der Waals surface area contributed by atoms with Gasteiger partial charge >= 0.3 is 0 Å². The minimum atomic E-state index is -0.333. The van der Waals surface area contributed by atoms with E-state index in [0.29, 0.717) is 33.6 Å². The Morgan fingerprint density at radius 3 is 2.70 bits per heavy atom. The molecule has 136 valence electrons. The molecule has 0 saturated heterocycles. The number of nitrogens with two attached hydrogens (primary N) is 1. The maximum Gasteiger partial charge on any atom is 0.258 e. The summed E-state index contributed by atoms with van der Waals surface area (Å²) < 4.78 is 15.9. The summed E-state index contributed by atoms with van der Waals surface area (Å²) in [5.74, 6) is 6.58. The topological polar surface area (TPSA) is 91.1 Å². The van der Waals surface area contributed by atoms with Crippen molar-refractivity contribution >= 4 is 17.4 Å². The van der Waals surface area contributed by atoms with Gasteiger partial charge in [-0.3, -0.25) is 9.20 Å². The molecule has 0 aliphatic heterocycles. The maximum absolute atomic E-state index is 13.1. The van der Waals surface area contributed by atoms with E-state index in [-0.39, 0.29) is 11.4 Å². The van der Waals surface area contributed by atoms with Gasteiger partial charge in [0.25, 0.3) is 5.56 Å². The summed E-state index contributed by atoms with van der Waals surface area (Å²) in [6.45, 7) is 1.92. The van der Waals surface area contributed by atoms with Gasteiger partial charge in [0.2, 0.25) is 5.16 Å². The zero-order chi connectivity index (χ0) is 19.0. The third-order valence-electron chi connectivity index (χ3n) is 3.98. The molecule has 3 heterocycles. The number of benzene rings is 1. The van der Waals surface area contributed by atoms with E-state index < -0.39 is 0 Å². The zero-order valence-electron chi connectivity index (χ0n) is 14.3. The molecule has 0 fully saturated rings. The van der Waals surface area contributed by atoms with Gasteiger partial charge in [0.05, 0.1) is 5.69 Å². The van der Waals surface area contributed by atoms with Crippen LogP contribution in [0.3, 0.4) is 0 Å². The predicted molar refractivity (Wildman–Crippen MR) is 101 cm³/mol. The molecule has 0 unspecified atom stereocenters. The number of fused-ring (bicyclic) bond motifs is 1. The highest BCUT2D eigenvalue weighted by Crippen LogP contribution is 2.23. The first kappa shape index (κ1) is 17.2. The molecule has 3 aromatic heterocycles. The minimum Gasteiger partial charge on any atom is -0.335 e. The summed E-state index contributed by atoms with van der Waals surface area (Å²) in [6, 6.07) is 11.1. The van der Waals surface area contributed by atoms with E-state index in [1.165, 1.54) is 39.0 Å². The van der Waals surface area contributed by atoms with Crippen LogP contribution in [-0.2, 0) is 5.75 Å². The van der Waals surface area contributed by atoms with E-state index in [4.69, 9.17) is 5.84 Å². The maximum atomic E-state index is 13.1. The molecule has 0 amide bonds. The normalized spacial score (nSPS) is 11.2. The van der Waals surface area contributed by atoms with Crippen LogP contribution in [0.1, 0.15) is 11.3 Å². The monoisotopic (exact) mass is 382 g/mol. The molecule has 4 aromatic rings.